The zero-order valence-corrected chi connectivity index (χ0v) is 14.0. The minimum absolute atomic E-state index is 0.138. The summed E-state index contributed by atoms with van der Waals surface area (Å²) in [5.41, 5.74) is 2.18. The summed E-state index contributed by atoms with van der Waals surface area (Å²) in [6.45, 7) is 10.8. The summed E-state index contributed by atoms with van der Waals surface area (Å²) >= 11 is 0. The Labute approximate surface area is 128 Å². The lowest BCUT2D eigenvalue weighted by atomic mass is 9.99. The summed E-state index contributed by atoms with van der Waals surface area (Å²) in [5, 5.41) is 5.76. The van der Waals surface area contributed by atoms with Gasteiger partial charge in [-0.3, -0.25) is 0 Å². The monoisotopic (exact) mass is 292 g/mol. The molecule has 0 atom stereocenters. The van der Waals surface area contributed by atoms with Crippen molar-refractivity contribution >= 4 is 6.03 Å². The Morgan fingerprint density at radius 2 is 1.95 bits per heavy atom. The molecule has 2 amide bonds. The molecule has 2 N–H and O–H groups in total. The second-order valence-corrected chi connectivity index (χ2v) is 6.61. The van der Waals surface area contributed by atoms with Crippen molar-refractivity contribution in [3.63, 3.8) is 0 Å². The number of ether oxygens (including phenoxy) is 1. The maximum absolute atomic E-state index is 11.7. The second-order valence-electron chi connectivity index (χ2n) is 6.61. The van der Waals surface area contributed by atoms with E-state index in [0.29, 0.717) is 12.5 Å². The van der Waals surface area contributed by atoms with Crippen LogP contribution >= 0.6 is 0 Å². The molecule has 118 valence electrons. The van der Waals surface area contributed by atoms with Crippen LogP contribution in [-0.4, -0.2) is 25.2 Å². The molecule has 0 heterocycles. The van der Waals surface area contributed by atoms with Crippen LogP contribution in [0.15, 0.2) is 18.2 Å². The van der Waals surface area contributed by atoms with E-state index in [1.54, 1.807) is 7.11 Å². The van der Waals surface area contributed by atoms with Crippen molar-refractivity contribution < 1.29 is 9.53 Å². The Bertz CT molecular complexity index is 476. The molecule has 1 rings (SSSR count). The smallest absolute Gasteiger partial charge is 0.315 e. The van der Waals surface area contributed by atoms with E-state index in [1.165, 1.54) is 5.56 Å². The molecule has 0 saturated carbocycles. The van der Waals surface area contributed by atoms with Crippen LogP contribution in [0.1, 0.15) is 51.7 Å². The largest absolute Gasteiger partial charge is 0.496 e. The topological polar surface area (TPSA) is 50.4 Å². The van der Waals surface area contributed by atoms with Gasteiger partial charge in [-0.1, -0.05) is 26.0 Å². The van der Waals surface area contributed by atoms with E-state index >= 15 is 0 Å². The summed E-state index contributed by atoms with van der Waals surface area (Å²) in [6, 6.07) is 6.11. The summed E-state index contributed by atoms with van der Waals surface area (Å²) in [6.07, 6.45) is 0.751. The Balaban J connectivity index is 2.62. The first-order valence-electron chi connectivity index (χ1n) is 7.46. The van der Waals surface area contributed by atoms with E-state index in [9.17, 15) is 4.79 Å². The van der Waals surface area contributed by atoms with Crippen molar-refractivity contribution in [1.29, 1.82) is 0 Å². The molecule has 0 bridgehead atoms. The summed E-state index contributed by atoms with van der Waals surface area (Å²) < 4.78 is 5.39. The Kier molecular flexibility index (Phi) is 6.06. The Morgan fingerprint density at radius 3 is 2.48 bits per heavy atom. The van der Waals surface area contributed by atoms with Gasteiger partial charge in [-0.05, 0) is 50.3 Å². The molecule has 0 spiro atoms. The summed E-state index contributed by atoms with van der Waals surface area (Å²) in [5.74, 6) is 1.35. The van der Waals surface area contributed by atoms with Crippen LogP contribution in [0.4, 0.5) is 4.79 Å². The van der Waals surface area contributed by atoms with Gasteiger partial charge in [-0.25, -0.2) is 4.79 Å². The van der Waals surface area contributed by atoms with Gasteiger partial charge in [0.05, 0.1) is 7.11 Å². The highest BCUT2D eigenvalue weighted by atomic mass is 16.5. The van der Waals surface area contributed by atoms with E-state index in [2.05, 4.69) is 36.6 Å². The first-order valence-corrected chi connectivity index (χ1v) is 7.46. The number of carbonyl (C=O) groups excluding carboxylic acids is 1. The molecule has 0 aliphatic heterocycles. The third-order valence-electron chi connectivity index (χ3n) is 3.14. The molecular formula is C17H28N2O2. The van der Waals surface area contributed by atoms with Crippen molar-refractivity contribution in [2.45, 2.75) is 52.5 Å². The lowest BCUT2D eigenvalue weighted by Crippen LogP contribution is -2.46. The number of nitrogens with one attached hydrogen (secondary N) is 2. The van der Waals surface area contributed by atoms with Crippen molar-refractivity contribution in [1.82, 2.24) is 10.6 Å². The first-order chi connectivity index (χ1) is 9.73. The van der Waals surface area contributed by atoms with Crippen molar-refractivity contribution in [3.8, 4) is 5.75 Å². The normalized spacial score (nSPS) is 11.4. The quantitative estimate of drug-likeness (QED) is 0.873. The average Bonchev–Trinajstić information content (AvgIpc) is 2.36. The van der Waals surface area contributed by atoms with Crippen molar-refractivity contribution in [3.05, 3.63) is 29.3 Å². The number of benzene rings is 1. The maximum atomic E-state index is 11.7. The highest BCUT2D eigenvalue weighted by molar-refractivity contribution is 5.74. The third-order valence-corrected chi connectivity index (χ3v) is 3.14. The molecule has 0 aliphatic carbocycles. The molecule has 0 unspecified atom stereocenters. The molecule has 1 aromatic rings. The fourth-order valence-electron chi connectivity index (χ4n) is 2.05. The average molecular weight is 292 g/mol. The van der Waals surface area contributed by atoms with Crippen LogP contribution in [0, 0.1) is 0 Å². The minimum atomic E-state index is -0.223. The maximum Gasteiger partial charge on any atom is 0.315 e. The predicted octanol–water partition coefficient (Wildman–Crippen LogP) is 3.46. The van der Waals surface area contributed by atoms with Crippen LogP contribution in [0.2, 0.25) is 0 Å². The van der Waals surface area contributed by atoms with Crippen LogP contribution in [-0.2, 0) is 6.42 Å². The molecule has 0 aliphatic rings. The highest BCUT2D eigenvalue weighted by Gasteiger charge is 2.13. The van der Waals surface area contributed by atoms with E-state index in [-0.39, 0.29) is 11.6 Å². The molecule has 1 aromatic carbocycles. The van der Waals surface area contributed by atoms with Crippen LogP contribution in [0.3, 0.4) is 0 Å². The zero-order valence-electron chi connectivity index (χ0n) is 14.0. The van der Waals surface area contributed by atoms with Gasteiger partial charge in [-0.15, -0.1) is 0 Å². The second kappa shape index (κ2) is 7.34. The lowest BCUT2D eigenvalue weighted by Gasteiger charge is -2.21. The highest BCUT2D eigenvalue weighted by Crippen LogP contribution is 2.24. The van der Waals surface area contributed by atoms with E-state index in [0.717, 1.165) is 17.7 Å². The number of hydrogen-bond acceptors (Lipinski definition) is 2. The molecule has 0 radical (unpaired) electrons. The molecular weight excluding hydrogens is 264 g/mol. The lowest BCUT2D eigenvalue weighted by molar-refractivity contribution is 0.232. The minimum Gasteiger partial charge on any atom is -0.496 e. The number of amides is 2. The van der Waals surface area contributed by atoms with E-state index in [1.807, 2.05) is 26.8 Å². The zero-order chi connectivity index (χ0) is 16.0. The van der Waals surface area contributed by atoms with Gasteiger partial charge in [0.2, 0.25) is 0 Å². The van der Waals surface area contributed by atoms with Crippen LogP contribution < -0.4 is 15.4 Å². The Morgan fingerprint density at radius 1 is 1.29 bits per heavy atom. The van der Waals surface area contributed by atoms with Crippen molar-refractivity contribution in [2.24, 2.45) is 0 Å². The molecule has 0 saturated heterocycles. The predicted molar refractivity (Wildman–Crippen MR) is 87.1 cm³/mol. The first kappa shape index (κ1) is 17.3. The van der Waals surface area contributed by atoms with E-state index < -0.39 is 0 Å². The van der Waals surface area contributed by atoms with Crippen LogP contribution in [0.5, 0.6) is 5.75 Å². The van der Waals surface area contributed by atoms with E-state index in [4.69, 9.17) is 4.74 Å². The number of carbonyl (C=O) groups is 1. The fourth-order valence-corrected chi connectivity index (χ4v) is 2.05. The standard InChI is InChI=1S/C17H28N2O2/c1-12(2)13-7-8-15(21-6)14(11-13)9-10-18-16(20)19-17(3,4)5/h7-8,11-12H,9-10H2,1-6H3,(H2,18,19,20). The number of rotatable bonds is 5. The molecule has 4 heteroatoms. The Hall–Kier alpha value is -1.71. The fraction of sp³-hybridized carbons (Fsp3) is 0.588. The molecule has 0 fully saturated rings. The molecule has 4 nitrogen and oxygen atoms in total. The van der Waals surface area contributed by atoms with Gasteiger partial charge >= 0.3 is 6.03 Å². The number of urea groups is 1. The molecule has 0 aromatic heterocycles. The summed E-state index contributed by atoms with van der Waals surface area (Å²) in [4.78, 5) is 11.7. The van der Waals surface area contributed by atoms with Crippen molar-refractivity contribution in [2.75, 3.05) is 13.7 Å². The molecule has 21 heavy (non-hydrogen) atoms. The van der Waals surface area contributed by atoms with Gasteiger partial charge in [0.15, 0.2) is 0 Å². The van der Waals surface area contributed by atoms with Gasteiger partial charge in [0.1, 0.15) is 5.75 Å². The van der Waals surface area contributed by atoms with Crippen LogP contribution in [0.25, 0.3) is 0 Å². The van der Waals surface area contributed by atoms with Gasteiger partial charge in [0.25, 0.3) is 0 Å². The number of hydrogen-bond donors (Lipinski definition) is 2. The van der Waals surface area contributed by atoms with Gasteiger partial charge in [-0.2, -0.15) is 0 Å². The SMILES string of the molecule is COc1ccc(C(C)C)cc1CCNC(=O)NC(C)(C)C. The van der Waals surface area contributed by atoms with Gasteiger partial charge in [0, 0.05) is 12.1 Å². The summed E-state index contributed by atoms with van der Waals surface area (Å²) in [7, 11) is 1.67. The van der Waals surface area contributed by atoms with Gasteiger partial charge < -0.3 is 15.4 Å². The third kappa shape index (κ3) is 6.06. The number of methoxy groups -OCH3 is 1.